The molecular weight excluding hydrogens is 805 g/mol. The first kappa shape index (κ1) is 35.9. The largest absolute Gasteiger partial charge is 0.309 e. The van der Waals surface area contributed by atoms with Crippen molar-refractivity contribution in [2.45, 2.75) is 0 Å². The van der Waals surface area contributed by atoms with Gasteiger partial charge in [-0.25, -0.2) is 15.0 Å². The van der Waals surface area contributed by atoms with Gasteiger partial charge in [-0.2, -0.15) is 0 Å². The molecule has 4 heterocycles. The molecular formula is C57H34N4S2. The highest BCUT2D eigenvalue weighted by atomic mass is 32.1. The quantitative estimate of drug-likeness (QED) is 0.168. The van der Waals surface area contributed by atoms with Crippen LogP contribution in [0, 0.1) is 0 Å². The number of hydrogen-bond acceptors (Lipinski definition) is 5. The van der Waals surface area contributed by atoms with E-state index in [0.29, 0.717) is 17.5 Å². The van der Waals surface area contributed by atoms with E-state index in [4.69, 9.17) is 15.0 Å². The van der Waals surface area contributed by atoms with Gasteiger partial charge in [0.25, 0.3) is 0 Å². The van der Waals surface area contributed by atoms with Gasteiger partial charge in [-0.3, -0.25) is 0 Å². The molecule has 13 rings (SSSR count). The van der Waals surface area contributed by atoms with Gasteiger partial charge in [0.15, 0.2) is 17.5 Å². The van der Waals surface area contributed by atoms with Gasteiger partial charge in [0, 0.05) is 73.5 Å². The van der Waals surface area contributed by atoms with Crippen LogP contribution in [-0.2, 0) is 0 Å². The normalized spacial score (nSPS) is 11.8. The molecule has 0 fully saturated rings. The van der Waals surface area contributed by atoms with Crippen molar-refractivity contribution < 1.29 is 0 Å². The second kappa shape index (κ2) is 14.4. The third kappa shape index (κ3) is 5.83. The summed E-state index contributed by atoms with van der Waals surface area (Å²) in [6.45, 7) is 0. The fraction of sp³-hybridized carbons (Fsp3) is 0. The average Bonchev–Trinajstić information content (AvgIpc) is 4.04. The number of fused-ring (bicyclic) bond motifs is 9. The van der Waals surface area contributed by atoms with Crippen LogP contribution in [0.1, 0.15) is 0 Å². The van der Waals surface area contributed by atoms with Gasteiger partial charge in [0.1, 0.15) is 0 Å². The molecule has 63 heavy (non-hydrogen) atoms. The lowest BCUT2D eigenvalue weighted by Gasteiger charge is -2.13. The van der Waals surface area contributed by atoms with E-state index in [1.165, 1.54) is 73.5 Å². The van der Waals surface area contributed by atoms with Crippen LogP contribution in [0.5, 0.6) is 0 Å². The minimum absolute atomic E-state index is 0.643. The van der Waals surface area contributed by atoms with Crippen molar-refractivity contribution in [3.63, 3.8) is 0 Å². The summed E-state index contributed by atoms with van der Waals surface area (Å²) in [5.74, 6) is 1.94. The molecule has 4 aromatic heterocycles. The van der Waals surface area contributed by atoms with Gasteiger partial charge < -0.3 is 4.57 Å². The molecule has 0 aliphatic rings. The topological polar surface area (TPSA) is 43.6 Å². The maximum atomic E-state index is 5.41. The van der Waals surface area contributed by atoms with E-state index in [1.807, 2.05) is 40.9 Å². The van der Waals surface area contributed by atoms with Crippen LogP contribution in [0.15, 0.2) is 206 Å². The fourth-order valence-corrected chi connectivity index (χ4v) is 11.7. The maximum absolute atomic E-state index is 5.41. The van der Waals surface area contributed by atoms with E-state index in [-0.39, 0.29) is 0 Å². The summed E-state index contributed by atoms with van der Waals surface area (Å²) in [6, 6.07) is 73.8. The zero-order valence-corrected chi connectivity index (χ0v) is 35.4. The smallest absolute Gasteiger partial charge is 0.164 e. The molecule has 0 saturated heterocycles. The van der Waals surface area contributed by atoms with E-state index in [0.717, 1.165) is 33.3 Å². The van der Waals surface area contributed by atoms with Crippen molar-refractivity contribution in [1.82, 2.24) is 19.5 Å². The molecule has 0 amide bonds. The summed E-state index contributed by atoms with van der Waals surface area (Å²) in [5, 5.41) is 7.34. The first-order valence-corrected chi connectivity index (χ1v) is 22.7. The van der Waals surface area contributed by atoms with Crippen LogP contribution >= 0.6 is 22.7 Å². The van der Waals surface area contributed by atoms with Crippen LogP contribution in [0.4, 0.5) is 0 Å². The van der Waals surface area contributed by atoms with Gasteiger partial charge in [-0.05, 0) is 82.9 Å². The highest BCUT2D eigenvalue weighted by molar-refractivity contribution is 7.26. The Bertz CT molecular complexity index is 3920. The molecule has 0 spiro atoms. The number of benzene rings is 9. The first-order chi connectivity index (χ1) is 31.2. The van der Waals surface area contributed by atoms with Crippen molar-refractivity contribution in [2.75, 3.05) is 0 Å². The molecule has 13 aromatic rings. The molecule has 0 aliphatic heterocycles. The van der Waals surface area contributed by atoms with Crippen molar-refractivity contribution in [2.24, 2.45) is 0 Å². The van der Waals surface area contributed by atoms with Gasteiger partial charge in [-0.15, -0.1) is 22.7 Å². The molecule has 0 unspecified atom stereocenters. The monoisotopic (exact) mass is 838 g/mol. The summed E-state index contributed by atoms with van der Waals surface area (Å²) in [5.41, 5.74) is 11.1. The van der Waals surface area contributed by atoms with E-state index in [2.05, 4.69) is 193 Å². The van der Waals surface area contributed by atoms with Crippen molar-refractivity contribution in [3.8, 4) is 62.1 Å². The number of thiophene rings is 2. The summed E-state index contributed by atoms with van der Waals surface area (Å²) in [6.07, 6.45) is 0. The number of hydrogen-bond donors (Lipinski definition) is 0. The average molecular weight is 839 g/mol. The Hall–Kier alpha value is -7.77. The van der Waals surface area contributed by atoms with E-state index in [1.54, 1.807) is 0 Å². The SMILES string of the molecule is c1ccc(-c2nc(-c3ccccc3-c3cccc4sc5ccccc5c34)nc(-c3cccc4sc5ccc(-c6ccc7c(c6)c6ccccc6n7-c6ccccc6)cc5c34)n2)cc1. The number of para-hydroxylation sites is 2. The number of rotatable bonds is 6. The molecule has 0 atom stereocenters. The predicted molar refractivity (Wildman–Crippen MR) is 267 cm³/mol. The van der Waals surface area contributed by atoms with Crippen LogP contribution in [0.25, 0.3) is 124 Å². The lowest BCUT2D eigenvalue weighted by atomic mass is 9.95. The Morgan fingerprint density at radius 2 is 0.825 bits per heavy atom. The molecule has 0 aliphatic carbocycles. The summed E-state index contributed by atoms with van der Waals surface area (Å²) >= 11 is 3.64. The van der Waals surface area contributed by atoms with E-state index in [9.17, 15) is 0 Å². The van der Waals surface area contributed by atoms with Crippen molar-refractivity contribution in [3.05, 3.63) is 206 Å². The van der Waals surface area contributed by atoms with Crippen LogP contribution in [0.3, 0.4) is 0 Å². The van der Waals surface area contributed by atoms with Crippen molar-refractivity contribution in [1.29, 1.82) is 0 Å². The van der Waals surface area contributed by atoms with Crippen molar-refractivity contribution >= 4 is 84.8 Å². The second-order valence-electron chi connectivity index (χ2n) is 15.9. The van der Waals surface area contributed by atoms with Crippen LogP contribution in [-0.4, -0.2) is 19.5 Å². The molecule has 294 valence electrons. The second-order valence-corrected chi connectivity index (χ2v) is 18.1. The minimum Gasteiger partial charge on any atom is -0.309 e. The zero-order chi connectivity index (χ0) is 41.4. The van der Waals surface area contributed by atoms with Crippen LogP contribution in [0.2, 0.25) is 0 Å². The number of nitrogens with zero attached hydrogens (tertiary/aromatic N) is 4. The van der Waals surface area contributed by atoms with Gasteiger partial charge in [0.05, 0.1) is 11.0 Å². The Morgan fingerprint density at radius 1 is 0.302 bits per heavy atom. The molecule has 0 bridgehead atoms. The summed E-state index contributed by atoms with van der Waals surface area (Å²) < 4.78 is 7.33. The third-order valence-electron chi connectivity index (χ3n) is 12.3. The summed E-state index contributed by atoms with van der Waals surface area (Å²) in [4.78, 5) is 15.9. The molecule has 9 aromatic carbocycles. The molecule has 0 N–H and O–H groups in total. The van der Waals surface area contributed by atoms with Gasteiger partial charge in [-0.1, -0.05) is 146 Å². The highest BCUT2D eigenvalue weighted by Gasteiger charge is 2.21. The molecule has 6 heteroatoms. The predicted octanol–water partition coefficient (Wildman–Crippen LogP) is 16.0. The van der Waals surface area contributed by atoms with E-state index < -0.39 is 0 Å². The van der Waals surface area contributed by atoms with E-state index >= 15 is 0 Å². The fourth-order valence-electron chi connectivity index (χ4n) is 9.45. The minimum atomic E-state index is 0.643. The van der Waals surface area contributed by atoms with Gasteiger partial charge in [0.2, 0.25) is 0 Å². The Labute approximate surface area is 370 Å². The number of aromatic nitrogens is 4. The summed E-state index contributed by atoms with van der Waals surface area (Å²) in [7, 11) is 0. The molecule has 0 radical (unpaired) electrons. The highest BCUT2D eigenvalue weighted by Crippen LogP contribution is 2.45. The Kier molecular flexibility index (Phi) is 8.22. The Morgan fingerprint density at radius 3 is 1.62 bits per heavy atom. The standard InChI is InChI=1S/C57H34N4S2/c1-3-15-35(16-4-1)55-58-56(42-21-8-7-19-39(42)41-23-13-27-51-53(41)43-22-10-12-26-49(43)62-51)60-57(59-55)44-24-14-28-52-54(44)46-34-37(30-32-50(46)63-52)36-29-31-48-45(33-36)40-20-9-11-25-47(40)61(48)38-17-5-2-6-18-38/h1-34H. The lowest BCUT2D eigenvalue weighted by molar-refractivity contribution is 1.08. The maximum Gasteiger partial charge on any atom is 0.164 e. The molecule has 0 saturated carbocycles. The molecule has 4 nitrogen and oxygen atoms in total. The van der Waals surface area contributed by atoms with Gasteiger partial charge >= 0.3 is 0 Å². The third-order valence-corrected chi connectivity index (χ3v) is 14.6. The first-order valence-electron chi connectivity index (χ1n) is 21.1. The zero-order valence-electron chi connectivity index (χ0n) is 33.7. The van der Waals surface area contributed by atoms with Crippen LogP contribution < -0.4 is 0 Å². The Balaban J connectivity index is 0.999. The lowest BCUT2D eigenvalue weighted by Crippen LogP contribution is -2.01.